The summed E-state index contributed by atoms with van der Waals surface area (Å²) >= 11 is 0. The minimum atomic E-state index is -0.780. The number of hydrogen-bond donors (Lipinski definition) is 1. The Labute approximate surface area is 100 Å². The van der Waals surface area contributed by atoms with Gasteiger partial charge in [0, 0.05) is 12.3 Å². The van der Waals surface area contributed by atoms with Crippen molar-refractivity contribution in [1.29, 1.82) is 0 Å². The van der Waals surface area contributed by atoms with Gasteiger partial charge in [-0.05, 0) is 18.2 Å². The summed E-state index contributed by atoms with van der Waals surface area (Å²) in [5, 5.41) is 0.626. The van der Waals surface area contributed by atoms with Crippen molar-refractivity contribution in [3.05, 3.63) is 48.4 Å². The Hall–Kier alpha value is -2.50. The van der Waals surface area contributed by atoms with Crippen LogP contribution in [0.3, 0.4) is 0 Å². The molecule has 0 unspecified atom stereocenters. The summed E-state index contributed by atoms with van der Waals surface area (Å²) < 4.78 is 31.5. The Morgan fingerprint density at radius 3 is 2.83 bits per heavy atom. The third-order valence-corrected chi connectivity index (χ3v) is 2.42. The number of rotatable bonds is 2. The van der Waals surface area contributed by atoms with Crippen molar-refractivity contribution in [2.75, 3.05) is 0 Å². The van der Waals surface area contributed by atoms with Crippen molar-refractivity contribution in [1.82, 2.24) is 15.0 Å². The smallest absolute Gasteiger partial charge is 0.231 e. The standard InChI is InChI=1S/C12H7F2N3O/c13-7-1-2-10(9(14)5-7)18-12-8-3-4-15-11(8)16-6-17-12/h1-6H,(H,15,16,17). The summed E-state index contributed by atoms with van der Waals surface area (Å²) in [7, 11) is 0. The first-order valence-corrected chi connectivity index (χ1v) is 5.15. The summed E-state index contributed by atoms with van der Waals surface area (Å²) in [6.07, 6.45) is 2.98. The van der Waals surface area contributed by atoms with Gasteiger partial charge in [-0.25, -0.2) is 18.7 Å². The number of nitrogens with one attached hydrogen (secondary N) is 1. The van der Waals surface area contributed by atoms with Gasteiger partial charge in [0.15, 0.2) is 11.6 Å². The zero-order chi connectivity index (χ0) is 12.5. The molecule has 0 aliphatic heterocycles. The molecular formula is C12H7F2N3O. The molecule has 2 aromatic heterocycles. The number of fused-ring (bicyclic) bond motifs is 1. The van der Waals surface area contributed by atoms with Crippen molar-refractivity contribution in [3.8, 4) is 11.6 Å². The van der Waals surface area contributed by atoms with E-state index in [1.807, 2.05) is 0 Å². The molecule has 0 spiro atoms. The molecule has 0 aliphatic carbocycles. The minimum absolute atomic E-state index is 0.0856. The molecule has 6 heteroatoms. The van der Waals surface area contributed by atoms with Crippen molar-refractivity contribution in [2.45, 2.75) is 0 Å². The first kappa shape index (κ1) is 10.6. The zero-order valence-corrected chi connectivity index (χ0v) is 9.02. The highest BCUT2D eigenvalue weighted by atomic mass is 19.1. The lowest BCUT2D eigenvalue weighted by Gasteiger charge is -2.06. The Morgan fingerprint density at radius 2 is 2.00 bits per heavy atom. The van der Waals surface area contributed by atoms with Crippen molar-refractivity contribution < 1.29 is 13.5 Å². The van der Waals surface area contributed by atoms with Gasteiger partial charge in [0.2, 0.25) is 5.88 Å². The van der Waals surface area contributed by atoms with Crippen molar-refractivity contribution in [3.63, 3.8) is 0 Å². The Morgan fingerprint density at radius 1 is 1.11 bits per heavy atom. The molecule has 3 rings (SSSR count). The average Bonchev–Trinajstić information content (AvgIpc) is 2.82. The molecule has 0 radical (unpaired) electrons. The van der Waals surface area contributed by atoms with Crippen LogP contribution in [0.1, 0.15) is 0 Å². The number of benzene rings is 1. The van der Waals surface area contributed by atoms with Crippen LogP contribution in [0.2, 0.25) is 0 Å². The fraction of sp³-hybridized carbons (Fsp3) is 0. The largest absolute Gasteiger partial charge is 0.435 e. The van der Waals surface area contributed by atoms with Gasteiger partial charge in [0.25, 0.3) is 0 Å². The van der Waals surface area contributed by atoms with E-state index >= 15 is 0 Å². The van der Waals surface area contributed by atoms with Crippen LogP contribution in [0.15, 0.2) is 36.8 Å². The number of ether oxygens (including phenoxy) is 1. The maximum atomic E-state index is 13.4. The molecule has 0 saturated carbocycles. The number of H-pyrrole nitrogens is 1. The van der Waals surface area contributed by atoms with E-state index in [0.717, 1.165) is 12.1 Å². The third kappa shape index (κ3) is 1.77. The lowest BCUT2D eigenvalue weighted by atomic mass is 10.3. The quantitative estimate of drug-likeness (QED) is 0.757. The van der Waals surface area contributed by atoms with Gasteiger partial charge >= 0.3 is 0 Å². The number of aromatic nitrogens is 3. The van der Waals surface area contributed by atoms with Crippen molar-refractivity contribution >= 4 is 11.0 Å². The minimum Gasteiger partial charge on any atom is -0.435 e. The topological polar surface area (TPSA) is 50.8 Å². The molecule has 0 saturated heterocycles. The van der Waals surface area contributed by atoms with Crippen LogP contribution < -0.4 is 4.74 Å². The lowest BCUT2D eigenvalue weighted by Crippen LogP contribution is -1.93. The van der Waals surface area contributed by atoms with Crippen LogP contribution in [-0.4, -0.2) is 15.0 Å². The van der Waals surface area contributed by atoms with Crippen LogP contribution >= 0.6 is 0 Å². The van der Waals surface area contributed by atoms with Crippen LogP contribution in [-0.2, 0) is 0 Å². The highest BCUT2D eigenvalue weighted by Gasteiger charge is 2.10. The zero-order valence-electron chi connectivity index (χ0n) is 9.02. The van der Waals surface area contributed by atoms with Gasteiger partial charge in [-0.3, -0.25) is 0 Å². The molecule has 4 nitrogen and oxygen atoms in total. The van der Waals surface area contributed by atoms with E-state index in [-0.39, 0.29) is 11.6 Å². The molecule has 2 heterocycles. The van der Waals surface area contributed by atoms with Crippen LogP contribution in [0.4, 0.5) is 8.78 Å². The maximum Gasteiger partial charge on any atom is 0.231 e. The summed E-state index contributed by atoms with van der Waals surface area (Å²) in [4.78, 5) is 10.8. The van der Waals surface area contributed by atoms with Gasteiger partial charge in [-0.1, -0.05) is 0 Å². The van der Waals surface area contributed by atoms with Gasteiger partial charge in [0.05, 0.1) is 5.39 Å². The molecular weight excluding hydrogens is 240 g/mol. The summed E-state index contributed by atoms with van der Waals surface area (Å²) in [5.41, 5.74) is 0.586. The van der Waals surface area contributed by atoms with E-state index in [9.17, 15) is 8.78 Å². The number of halogens is 2. The van der Waals surface area contributed by atoms with Crippen molar-refractivity contribution in [2.24, 2.45) is 0 Å². The molecule has 1 N–H and O–H groups in total. The second-order valence-electron chi connectivity index (χ2n) is 3.60. The van der Waals surface area contributed by atoms with Crippen LogP contribution in [0.5, 0.6) is 11.6 Å². The predicted molar refractivity (Wildman–Crippen MR) is 60.3 cm³/mol. The Balaban J connectivity index is 2.03. The van der Waals surface area contributed by atoms with Gasteiger partial charge < -0.3 is 9.72 Å². The predicted octanol–water partition coefficient (Wildman–Crippen LogP) is 3.03. The average molecular weight is 247 g/mol. The fourth-order valence-electron chi connectivity index (χ4n) is 1.59. The van der Waals surface area contributed by atoms with Crippen LogP contribution in [0.25, 0.3) is 11.0 Å². The number of hydrogen-bond acceptors (Lipinski definition) is 3. The number of nitrogens with zero attached hydrogens (tertiary/aromatic N) is 2. The molecule has 90 valence electrons. The monoisotopic (exact) mass is 247 g/mol. The second-order valence-corrected chi connectivity index (χ2v) is 3.60. The van der Waals surface area contributed by atoms with E-state index < -0.39 is 11.6 Å². The highest BCUT2D eigenvalue weighted by Crippen LogP contribution is 2.27. The maximum absolute atomic E-state index is 13.4. The molecule has 0 aliphatic rings. The fourth-order valence-corrected chi connectivity index (χ4v) is 1.59. The Kier molecular flexibility index (Phi) is 2.40. The molecule has 18 heavy (non-hydrogen) atoms. The van der Waals surface area contributed by atoms with Crippen LogP contribution in [0, 0.1) is 11.6 Å². The lowest BCUT2D eigenvalue weighted by molar-refractivity contribution is 0.427. The SMILES string of the molecule is Fc1ccc(Oc2ncnc3[nH]ccc23)c(F)c1. The van der Waals surface area contributed by atoms with E-state index in [2.05, 4.69) is 15.0 Å². The second kappa shape index (κ2) is 4.06. The van der Waals surface area contributed by atoms with E-state index in [0.29, 0.717) is 11.0 Å². The van der Waals surface area contributed by atoms with Gasteiger partial charge in [-0.15, -0.1) is 0 Å². The van der Waals surface area contributed by atoms with E-state index in [4.69, 9.17) is 4.74 Å². The first-order valence-electron chi connectivity index (χ1n) is 5.15. The van der Waals surface area contributed by atoms with E-state index in [1.165, 1.54) is 12.4 Å². The van der Waals surface area contributed by atoms with Gasteiger partial charge in [0.1, 0.15) is 17.8 Å². The Bertz CT molecular complexity index is 711. The molecule has 1 aromatic carbocycles. The summed E-state index contributed by atoms with van der Waals surface area (Å²) in [5.74, 6) is -1.31. The summed E-state index contributed by atoms with van der Waals surface area (Å²) in [6.45, 7) is 0. The number of aromatic amines is 1. The normalized spacial score (nSPS) is 10.8. The summed E-state index contributed by atoms with van der Waals surface area (Å²) in [6, 6.07) is 4.80. The molecule has 0 fully saturated rings. The molecule has 0 amide bonds. The molecule has 0 atom stereocenters. The third-order valence-electron chi connectivity index (χ3n) is 2.42. The highest BCUT2D eigenvalue weighted by molar-refractivity contribution is 5.80. The first-order chi connectivity index (χ1) is 8.74. The van der Waals surface area contributed by atoms with E-state index in [1.54, 1.807) is 12.3 Å². The van der Waals surface area contributed by atoms with Gasteiger partial charge in [-0.2, -0.15) is 0 Å². The molecule has 0 bridgehead atoms. The molecule has 3 aromatic rings.